The molecule has 108 valence electrons. The summed E-state index contributed by atoms with van der Waals surface area (Å²) in [6, 6.07) is 7.91. The van der Waals surface area contributed by atoms with Crippen LogP contribution in [0, 0.1) is 6.92 Å². The van der Waals surface area contributed by atoms with Crippen LogP contribution in [0.15, 0.2) is 24.3 Å². The summed E-state index contributed by atoms with van der Waals surface area (Å²) in [6.45, 7) is 2.00. The molecular formula is C16H16ClN3S. The smallest absolute Gasteiger partial charge is 0.140 e. The number of nitrogens with one attached hydrogen (secondary N) is 1. The molecule has 1 aromatic heterocycles. The Morgan fingerprint density at radius 1 is 1.33 bits per heavy atom. The fraction of sp³-hybridized carbons (Fsp3) is 0.250. The minimum Gasteiger partial charge on any atom is -0.389 e. The van der Waals surface area contributed by atoms with E-state index in [0.717, 1.165) is 41.8 Å². The average molecular weight is 318 g/mol. The van der Waals surface area contributed by atoms with E-state index in [2.05, 4.69) is 11.4 Å². The number of anilines is 2. The maximum Gasteiger partial charge on any atom is 0.140 e. The summed E-state index contributed by atoms with van der Waals surface area (Å²) in [5.41, 5.74) is 10.9. The van der Waals surface area contributed by atoms with Crippen LogP contribution in [0.25, 0.3) is 0 Å². The lowest BCUT2D eigenvalue weighted by molar-refractivity contribution is 0.900. The van der Waals surface area contributed by atoms with Crippen LogP contribution < -0.4 is 11.1 Å². The van der Waals surface area contributed by atoms with Crippen LogP contribution in [0.5, 0.6) is 0 Å². The molecule has 3 N–H and O–H groups in total. The first-order valence-corrected chi connectivity index (χ1v) is 7.69. The Hall–Kier alpha value is -1.65. The van der Waals surface area contributed by atoms with E-state index in [0.29, 0.717) is 15.8 Å². The summed E-state index contributed by atoms with van der Waals surface area (Å²) in [6.07, 6.45) is 3.18. The fourth-order valence-corrected chi connectivity index (χ4v) is 3.04. The molecule has 3 nitrogen and oxygen atoms in total. The molecule has 5 heteroatoms. The zero-order valence-corrected chi connectivity index (χ0v) is 13.3. The summed E-state index contributed by atoms with van der Waals surface area (Å²) in [5, 5.41) is 3.93. The third kappa shape index (κ3) is 2.87. The largest absolute Gasteiger partial charge is 0.389 e. The highest BCUT2D eigenvalue weighted by atomic mass is 35.5. The summed E-state index contributed by atoms with van der Waals surface area (Å²) in [4.78, 5) is 5.05. The van der Waals surface area contributed by atoms with E-state index in [1.165, 1.54) is 5.56 Å². The van der Waals surface area contributed by atoms with Crippen molar-refractivity contribution in [2.75, 3.05) is 5.32 Å². The first-order valence-electron chi connectivity index (χ1n) is 6.90. The summed E-state index contributed by atoms with van der Waals surface area (Å²) in [5.74, 6) is 0.689. The van der Waals surface area contributed by atoms with Crippen LogP contribution >= 0.6 is 23.8 Å². The number of aryl methyl sites for hydroxylation is 3. The molecule has 0 unspecified atom stereocenters. The molecule has 0 aliphatic heterocycles. The number of nitrogens with zero attached hydrogens (tertiary/aromatic N) is 1. The van der Waals surface area contributed by atoms with Gasteiger partial charge >= 0.3 is 0 Å². The zero-order valence-electron chi connectivity index (χ0n) is 11.7. The molecule has 0 spiro atoms. The number of hydrogen-bond donors (Lipinski definition) is 2. The van der Waals surface area contributed by atoms with E-state index in [-0.39, 0.29) is 0 Å². The van der Waals surface area contributed by atoms with Crippen molar-refractivity contribution in [2.45, 2.75) is 26.2 Å². The van der Waals surface area contributed by atoms with Gasteiger partial charge in [-0.3, -0.25) is 0 Å². The zero-order chi connectivity index (χ0) is 15.0. The van der Waals surface area contributed by atoms with E-state index in [4.69, 9.17) is 34.5 Å². The molecule has 0 atom stereocenters. The Morgan fingerprint density at radius 3 is 2.86 bits per heavy atom. The molecule has 3 rings (SSSR count). The lowest BCUT2D eigenvalue weighted by atomic mass is 10.1. The summed E-state index contributed by atoms with van der Waals surface area (Å²) in [7, 11) is 0. The normalized spacial score (nSPS) is 13.0. The van der Waals surface area contributed by atoms with Crippen molar-refractivity contribution in [2.24, 2.45) is 5.73 Å². The number of hydrogen-bond acceptors (Lipinski definition) is 3. The monoisotopic (exact) mass is 317 g/mol. The maximum absolute atomic E-state index is 6.27. The fourth-order valence-electron chi connectivity index (χ4n) is 2.60. The van der Waals surface area contributed by atoms with Crippen molar-refractivity contribution in [1.29, 1.82) is 0 Å². The van der Waals surface area contributed by atoms with E-state index in [1.54, 1.807) is 0 Å². The number of aromatic nitrogens is 1. The minimum absolute atomic E-state index is 0.350. The standard InChI is InChI=1S/C16H16ClN3S/c1-9-5-6-14(12(17)7-9)20-16-11(15(18)21)8-10-3-2-4-13(10)19-16/h5-8H,2-4H2,1H3,(H2,18,21)(H,19,20). The Kier molecular flexibility index (Phi) is 3.83. The molecule has 0 bridgehead atoms. The van der Waals surface area contributed by atoms with Crippen LogP contribution in [0.1, 0.15) is 28.8 Å². The van der Waals surface area contributed by atoms with Crippen molar-refractivity contribution < 1.29 is 0 Å². The van der Waals surface area contributed by atoms with Gasteiger partial charge in [0.15, 0.2) is 0 Å². The first-order chi connectivity index (χ1) is 10.0. The van der Waals surface area contributed by atoms with Gasteiger partial charge in [-0.15, -0.1) is 0 Å². The Balaban J connectivity index is 2.03. The molecule has 0 radical (unpaired) electrons. The quantitative estimate of drug-likeness (QED) is 0.843. The Bertz CT molecular complexity index is 728. The van der Waals surface area contributed by atoms with Gasteiger partial charge in [0.1, 0.15) is 10.8 Å². The second-order valence-electron chi connectivity index (χ2n) is 5.32. The van der Waals surface area contributed by atoms with E-state index < -0.39 is 0 Å². The Morgan fingerprint density at radius 2 is 2.14 bits per heavy atom. The van der Waals surface area contributed by atoms with Gasteiger partial charge in [-0.25, -0.2) is 4.98 Å². The molecule has 0 amide bonds. The molecule has 1 aliphatic rings. The Labute approximate surface area is 134 Å². The molecule has 21 heavy (non-hydrogen) atoms. The predicted octanol–water partition coefficient (Wildman–Crippen LogP) is 3.91. The molecule has 1 aliphatic carbocycles. The highest BCUT2D eigenvalue weighted by Gasteiger charge is 2.18. The van der Waals surface area contributed by atoms with Crippen molar-refractivity contribution in [3.63, 3.8) is 0 Å². The van der Waals surface area contributed by atoms with Crippen molar-refractivity contribution in [1.82, 2.24) is 4.98 Å². The van der Waals surface area contributed by atoms with Crippen LogP contribution in [0.3, 0.4) is 0 Å². The summed E-state index contributed by atoms with van der Waals surface area (Å²) < 4.78 is 0. The van der Waals surface area contributed by atoms with Crippen molar-refractivity contribution in [3.05, 3.63) is 51.7 Å². The van der Waals surface area contributed by atoms with Crippen molar-refractivity contribution >= 4 is 40.3 Å². The highest BCUT2D eigenvalue weighted by Crippen LogP contribution is 2.30. The van der Waals surface area contributed by atoms with Crippen LogP contribution in [-0.4, -0.2) is 9.97 Å². The van der Waals surface area contributed by atoms with Gasteiger partial charge in [-0.05, 0) is 55.5 Å². The first kappa shape index (κ1) is 14.3. The lowest BCUT2D eigenvalue weighted by Crippen LogP contribution is -2.14. The SMILES string of the molecule is Cc1ccc(Nc2nc3c(cc2C(N)=S)CCC3)c(Cl)c1. The molecule has 2 aromatic rings. The van der Waals surface area contributed by atoms with Crippen LogP contribution in [-0.2, 0) is 12.8 Å². The van der Waals surface area contributed by atoms with Gasteiger partial charge in [0.05, 0.1) is 16.3 Å². The van der Waals surface area contributed by atoms with Gasteiger partial charge in [0, 0.05) is 5.69 Å². The van der Waals surface area contributed by atoms with Gasteiger partial charge in [-0.2, -0.15) is 0 Å². The third-order valence-electron chi connectivity index (χ3n) is 3.69. The molecule has 1 aromatic carbocycles. The second-order valence-corrected chi connectivity index (χ2v) is 6.16. The van der Waals surface area contributed by atoms with Gasteiger partial charge < -0.3 is 11.1 Å². The van der Waals surface area contributed by atoms with Crippen LogP contribution in [0.2, 0.25) is 5.02 Å². The number of thiocarbonyl (C=S) groups is 1. The van der Waals surface area contributed by atoms with Gasteiger partial charge in [0.25, 0.3) is 0 Å². The molecule has 0 fully saturated rings. The molecule has 0 saturated carbocycles. The van der Waals surface area contributed by atoms with Crippen molar-refractivity contribution in [3.8, 4) is 0 Å². The average Bonchev–Trinajstić information content (AvgIpc) is 2.88. The second kappa shape index (κ2) is 5.62. The number of nitrogens with two attached hydrogens (primary N) is 1. The van der Waals surface area contributed by atoms with E-state index in [1.807, 2.05) is 25.1 Å². The lowest BCUT2D eigenvalue weighted by Gasteiger charge is -2.14. The highest BCUT2D eigenvalue weighted by molar-refractivity contribution is 7.80. The number of pyridine rings is 1. The molecule has 1 heterocycles. The number of rotatable bonds is 3. The van der Waals surface area contributed by atoms with E-state index in [9.17, 15) is 0 Å². The number of benzene rings is 1. The minimum atomic E-state index is 0.350. The number of fused-ring (bicyclic) bond motifs is 1. The predicted molar refractivity (Wildman–Crippen MR) is 91.6 cm³/mol. The van der Waals surface area contributed by atoms with Gasteiger partial charge in [0.2, 0.25) is 0 Å². The number of halogens is 1. The van der Waals surface area contributed by atoms with Crippen LogP contribution in [0.4, 0.5) is 11.5 Å². The molecular weight excluding hydrogens is 302 g/mol. The maximum atomic E-state index is 6.27. The van der Waals surface area contributed by atoms with E-state index >= 15 is 0 Å². The van der Waals surface area contributed by atoms with Gasteiger partial charge in [-0.1, -0.05) is 29.9 Å². The molecule has 0 saturated heterocycles. The summed E-state index contributed by atoms with van der Waals surface area (Å²) >= 11 is 11.4. The third-order valence-corrected chi connectivity index (χ3v) is 4.23. The topological polar surface area (TPSA) is 50.9 Å².